The highest BCUT2D eigenvalue weighted by molar-refractivity contribution is 7.18. The van der Waals surface area contributed by atoms with Crippen LogP contribution < -0.4 is 5.56 Å². The second-order valence-electron chi connectivity index (χ2n) is 6.73. The highest BCUT2D eigenvalue weighted by Gasteiger charge is 2.14. The Balaban J connectivity index is 1.64. The topological polar surface area (TPSA) is 103 Å². The number of hydrogen-bond donors (Lipinski definition) is 2. The smallest absolute Gasteiger partial charge is 0.335 e. The number of carboxylic acid groups (broad SMARTS) is 1. The lowest BCUT2D eigenvalue weighted by atomic mass is 10.1. The van der Waals surface area contributed by atoms with E-state index in [9.17, 15) is 14.4 Å². The molecule has 0 aliphatic rings. The largest absolute Gasteiger partial charge is 0.478 e. The quantitative estimate of drug-likeness (QED) is 0.663. The monoisotopic (exact) mass is 399 g/mol. The van der Waals surface area contributed by atoms with Crippen LogP contribution in [0.2, 0.25) is 0 Å². The molecule has 28 heavy (non-hydrogen) atoms. The molecule has 3 aromatic rings. The van der Waals surface area contributed by atoms with E-state index < -0.39 is 5.97 Å². The zero-order chi connectivity index (χ0) is 20.4. The van der Waals surface area contributed by atoms with Gasteiger partial charge in [-0.15, -0.1) is 11.3 Å². The van der Waals surface area contributed by atoms with Crippen molar-refractivity contribution in [2.24, 2.45) is 0 Å². The van der Waals surface area contributed by atoms with Crippen LogP contribution in [0, 0.1) is 13.8 Å². The average Bonchev–Trinajstić information content (AvgIpc) is 2.94. The van der Waals surface area contributed by atoms with E-state index in [-0.39, 0.29) is 23.5 Å². The molecular weight excluding hydrogens is 378 g/mol. The fourth-order valence-electron chi connectivity index (χ4n) is 2.95. The van der Waals surface area contributed by atoms with Crippen LogP contribution in [-0.2, 0) is 17.8 Å². The fraction of sp³-hybridized carbons (Fsp3) is 0.300. The summed E-state index contributed by atoms with van der Waals surface area (Å²) in [5.41, 5.74) is 1.84. The lowest BCUT2D eigenvalue weighted by molar-refractivity contribution is -0.130. The Morgan fingerprint density at radius 2 is 1.89 bits per heavy atom. The van der Waals surface area contributed by atoms with E-state index in [1.807, 2.05) is 13.8 Å². The summed E-state index contributed by atoms with van der Waals surface area (Å²) in [6.07, 6.45) is 0.573. The van der Waals surface area contributed by atoms with E-state index in [0.717, 1.165) is 16.0 Å². The first-order valence-corrected chi connectivity index (χ1v) is 9.63. The van der Waals surface area contributed by atoms with Crippen LogP contribution in [-0.4, -0.2) is 38.9 Å². The van der Waals surface area contributed by atoms with Gasteiger partial charge in [0.05, 0.1) is 10.9 Å². The summed E-state index contributed by atoms with van der Waals surface area (Å²) >= 11 is 1.48. The van der Waals surface area contributed by atoms with Gasteiger partial charge < -0.3 is 15.0 Å². The van der Waals surface area contributed by atoms with E-state index >= 15 is 0 Å². The molecule has 2 N–H and O–H groups in total. The number of fused-ring (bicyclic) bond motifs is 1. The number of rotatable bonds is 6. The number of carbonyl (C=O) groups is 2. The van der Waals surface area contributed by atoms with Gasteiger partial charge in [0.2, 0.25) is 5.91 Å². The van der Waals surface area contributed by atoms with Crippen molar-refractivity contribution in [2.45, 2.75) is 33.2 Å². The van der Waals surface area contributed by atoms with E-state index in [2.05, 4.69) is 9.97 Å². The normalized spacial score (nSPS) is 11.0. The summed E-state index contributed by atoms with van der Waals surface area (Å²) in [6.45, 7) is 4.25. The summed E-state index contributed by atoms with van der Waals surface area (Å²) in [6, 6.07) is 6.43. The standard InChI is InChI=1S/C20H21N3O4S/c1-11-12(2)28-19-17(11)18(25)21-15(22-19)8-9-16(24)23(3)10-13-4-6-14(7-5-13)20(26)27/h4-7H,8-10H2,1-3H3,(H,26,27)(H,21,22,25). The highest BCUT2D eigenvalue weighted by Crippen LogP contribution is 2.25. The van der Waals surface area contributed by atoms with Crippen molar-refractivity contribution in [2.75, 3.05) is 7.05 Å². The molecule has 0 saturated carbocycles. The molecule has 7 nitrogen and oxygen atoms in total. The molecule has 1 amide bonds. The number of thiophene rings is 1. The number of hydrogen-bond acceptors (Lipinski definition) is 5. The number of H-pyrrole nitrogens is 1. The first kappa shape index (κ1) is 19.8. The van der Waals surface area contributed by atoms with Gasteiger partial charge in [-0.25, -0.2) is 9.78 Å². The van der Waals surface area contributed by atoms with Gasteiger partial charge in [0.15, 0.2) is 0 Å². The maximum absolute atomic E-state index is 12.4. The van der Waals surface area contributed by atoms with Gasteiger partial charge >= 0.3 is 5.97 Å². The number of nitrogens with zero attached hydrogens (tertiary/aromatic N) is 2. The Bertz CT molecular complexity index is 1100. The predicted octanol–water partition coefficient (Wildman–Crippen LogP) is 2.89. The number of nitrogens with one attached hydrogen (secondary N) is 1. The molecule has 2 aromatic heterocycles. The van der Waals surface area contributed by atoms with Crippen LogP contribution in [0.25, 0.3) is 10.2 Å². The Morgan fingerprint density at radius 1 is 1.21 bits per heavy atom. The van der Waals surface area contributed by atoms with E-state index in [4.69, 9.17) is 5.11 Å². The molecule has 0 unspecified atom stereocenters. The molecule has 0 radical (unpaired) electrons. The molecule has 0 fully saturated rings. The number of benzene rings is 1. The molecule has 8 heteroatoms. The third kappa shape index (κ3) is 4.12. The van der Waals surface area contributed by atoms with Crippen molar-refractivity contribution in [3.8, 4) is 0 Å². The first-order chi connectivity index (χ1) is 13.3. The number of aromatic amines is 1. The third-order valence-electron chi connectivity index (χ3n) is 4.71. The summed E-state index contributed by atoms with van der Waals surface area (Å²) in [5.74, 6) is -0.555. The van der Waals surface area contributed by atoms with Gasteiger partial charge in [-0.1, -0.05) is 12.1 Å². The van der Waals surface area contributed by atoms with Crippen LogP contribution in [0.4, 0.5) is 0 Å². The Kier molecular flexibility index (Phi) is 5.60. The molecule has 1 aromatic carbocycles. The molecule has 3 rings (SSSR count). The van der Waals surface area contributed by atoms with Gasteiger partial charge in [-0.3, -0.25) is 9.59 Å². The molecular formula is C20H21N3O4S. The molecule has 0 spiro atoms. The maximum Gasteiger partial charge on any atom is 0.335 e. The molecule has 0 bridgehead atoms. The van der Waals surface area contributed by atoms with Crippen LogP contribution in [0.3, 0.4) is 0 Å². The minimum atomic E-state index is -0.981. The van der Waals surface area contributed by atoms with Gasteiger partial charge in [-0.2, -0.15) is 0 Å². The second kappa shape index (κ2) is 7.93. The zero-order valence-electron chi connectivity index (χ0n) is 15.9. The van der Waals surface area contributed by atoms with Crippen molar-refractivity contribution in [1.82, 2.24) is 14.9 Å². The lowest BCUT2D eigenvalue weighted by Gasteiger charge is -2.17. The van der Waals surface area contributed by atoms with Crippen molar-refractivity contribution in [1.29, 1.82) is 0 Å². The van der Waals surface area contributed by atoms with Gasteiger partial charge in [0.1, 0.15) is 10.7 Å². The summed E-state index contributed by atoms with van der Waals surface area (Å²) < 4.78 is 0. The van der Waals surface area contributed by atoms with Crippen molar-refractivity contribution in [3.63, 3.8) is 0 Å². The number of carbonyl (C=O) groups excluding carboxylic acids is 1. The number of carboxylic acids is 1. The summed E-state index contributed by atoms with van der Waals surface area (Å²) in [5, 5.41) is 9.56. The minimum absolute atomic E-state index is 0.0800. The fourth-order valence-corrected chi connectivity index (χ4v) is 4.00. The minimum Gasteiger partial charge on any atom is -0.478 e. The van der Waals surface area contributed by atoms with Crippen molar-refractivity contribution < 1.29 is 14.7 Å². The van der Waals surface area contributed by atoms with E-state index in [0.29, 0.717) is 29.0 Å². The van der Waals surface area contributed by atoms with Gasteiger partial charge in [0, 0.05) is 31.3 Å². The Labute approximate surface area is 165 Å². The molecule has 146 valence electrons. The molecule has 0 saturated heterocycles. The number of aryl methyl sites for hydroxylation is 3. The van der Waals surface area contributed by atoms with Crippen LogP contribution >= 0.6 is 11.3 Å². The van der Waals surface area contributed by atoms with E-state index in [1.54, 1.807) is 24.1 Å². The SMILES string of the molecule is Cc1sc2nc(CCC(=O)N(C)Cc3ccc(C(=O)O)cc3)[nH]c(=O)c2c1C. The maximum atomic E-state index is 12.4. The van der Waals surface area contributed by atoms with Crippen LogP contribution in [0.1, 0.15) is 38.6 Å². The van der Waals surface area contributed by atoms with Crippen LogP contribution in [0.15, 0.2) is 29.1 Å². The zero-order valence-corrected chi connectivity index (χ0v) is 16.7. The van der Waals surface area contributed by atoms with Crippen molar-refractivity contribution >= 4 is 33.4 Å². The highest BCUT2D eigenvalue weighted by atomic mass is 32.1. The number of amides is 1. The number of aromatic carboxylic acids is 1. The Morgan fingerprint density at radius 3 is 2.54 bits per heavy atom. The molecule has 0 aliphatic carbocycles. The third-order valence-corrected chi connectivity index (χ3v) is 5.81. The summed E-state index contributed by atoms with van der Waals surface area (Å²) in [4.78, 5) is 46.2. The van der Waals surface area contributed by atoms with Gasteiger partial charge in [0.25, 0.3) is 5.56 Å². The van der Waals surface area contributed by atoms with Crippen molar-refractivity contribution in [3.05, 3.63) is 62.0 Å². The van der Waals surface area contributed by atoms with E-state index in [1.165, 1.54) is 23.5 Å². The lowest BCUT2D eigenvalue weighted by Crippen LogP contribution is -2.26. The molecule has 2 heterocycles. The second-order valence-corrected chi connectivity index (χ2v) is 7.93. The molecule has 0 aliphatic heterocycles. The van der Waals surface area contributed by atoms with Gasteiger partial charge in [-0.05, 0) is 37.1 Å². The number of aromatic nitrogens is 2. The predicted molar refractivity (Wildman–Crippen MR) is 108 cm³/mol. The first-order valence-electron chi connectivity index (χ1n) is 8.81. The Hall–Kier alpha value is -3.00. The molecule has 0 atom stereocenters. The average molecular weight is 399 g/mol. The van der Waals surface area contributed by atoms with Crippen LogP contribution in [0.5, 0.6) is 0 Å². The summed E-state index contributed by atoms with van der Waals surface area (Å²) in [7, 11) is 1.69.